The summed E-state index contributed by atoms with van der Waals surface area (Å²) in [5.74, 6) is -0.172. The molecule has 2 atom stereocenters. The Bertz CT molecular complexity index is 1900. The number of anilines is 1. The Labute approximate surface area is 426 Å². The number of carbonyl (C=O) groups excluding carboxylic acids is 4. The number of benzene rings is 1. The lowest BCUT2D eigenvalue weighted by Gasteiger charge is -2.24. The molecule has 0 radical (unpaired) electrons. The van der Waals surface area contributed by atoms with Crippen LogP contribution in [0.2, 0.25) is 0 Å². The van der Waals surface area contributed by atoms with E-state index in [4.69, 9.17) is 19.9 Å². The molecule has 0 saturated carbocycles. The molecule has 0 bridgehead atoms. The third kappa shape index (κ3) is 26.9. The molecule has 0 fully saturated rings. The minimum absolute atomic E-state index is 0.0646. The van der Waals surface area contributed by atoms with Gasteiger partial charge in [0.25, 0.3) is 0 Å². The quantitative estimate of drug-likeness (QED) is 0.0280. The van der Waals surface area contributed by atoms with E-state index < -0.39 is 23.8 Å². The fourth-order valence-corrected chi connectivity index (χ4v) is 9.74. The van der Waals surface area contributed by atoms with Crippen LogP contribution in [0.15, 0.2) is 30.6 Å². The van der Waals surface area contributed by atoms with Gasteiger partial charge in [0.1, 0.15) is 29.9 Å². The monoisotopic (exact) mass is 995 g/mol. The van der Waals surface area contributed by atoms with E-state index in [1.165, 1.54) is 140 Å². The first-order chi connectivity index (χ1) is 33.9. The van der Waals surface area contributed by atoms with Gasteiger partial charge in [-0.3, -0.25) is 14.4 Å². The molecule has 1 aromatic carbocycles. The lowest BCUT2D eigenvalue weighted by Crippen LogP contribution is -2.50. The van der Waals surface area contributed by atoms with Crippen molar-refractivity contribution < 1.29 is 33.4 Å². The van der Waals surface area contributed by atoms with E-state index in [2.05, 4.69) is 34.4 Å². The van der Waals surface area contributed by atoms with Gasteiger partial charge in [-0.25, -0.2) is 14.8 Å². The molecular formula is C56H94N6O7S. The molecule has 14 heteroatoms. The van der Waals surface area contributed by atoms with E-state index in [1.807, 2.05) is 28.8 Å². The number of thioether (sulfide) groups is 1. The van der Waals surface area contributed by atoms with Crippen molar-refractivity contribution >= 4 is 63.5 Å². The molecule has 0 saturated heterocycles. The normalized spacial score (nSPS) is 12.5. The topological polar surface area (TPSA) is 177 Å². The number of alkyl carbamates (subject to hydrolysis) is 1. The molecule has 4 N–H and O–H groups in total. The number of ether oxygens (including phenoxy) is 3. The van der Waals surface area contributed by atoms with Crippen molar-refractivity contribution in [1.29, 1.82) is 0 Å². The Morgan fingerprint density at radius 1 is 0.686 bits per heavy atom. The zero-order chi connectivity index (χ0) is 50.7. The van der Waals surface area contributed by atoms with Gasteiger partial charge in [0.05, 0.1) is 17.4 Å². The second kappa shape index (κ2) is 36.8. The minimum Gasteiger partial charge on any atom is -0.462 e. The van der Waals surface area contributed by atoms with Gasteiger partial charge < -0.3 is 35.1 Å². The van der Waals surface area contributed by atoms with Crippen LogP contribution in [0.1, 0.15) is 221 Å². The van der Waals surface area contributed by atoms with Gasteiger partial charge in [-0.1, -0.05) is 186 Å². The summed E-state index contributed by atoms with van der Waals surface area (Å²) < 4.78 is 19.2. The fraction of sp³-hybridized carbons (Fsp3) is 0.750. The van der Waals surface area contributed by atoms with Crippen LogP contribution in [-0.2, 0) is 35.1 Å². The van der Waals surface area contributed by atoms with Crippen molar-refractivity contribution in [2.24, 2.45) is 0 Å². The predicted octanol–water partition coefficient (Wildman–Crippen LogP) is 13.7. The molecule has 396 valence electrons. The first kappa shape index (κ1) is 60.2. The summed E-state index contributed by atoms with van der Waals surface area (Å²) >= 11 is 1.35. The van der Waals surface area contributed by atoms with E-state index in [1.54, 1.807) is 27.1 Å². The number of nitrogens with two attached hydrogens (primary N) is 1. The number of amides is 2. The number of aromatic nitrogens is 3. The first-order valence-electron chi connectivity index (χ1n) is 27.6. The first-order valence-corrected chi connectivity index (χ1v) is 28.8. The number of hydrogen-bond donors (Lipinski definition) is 3. The van der Waals surface area contributed by atoms with Crippen LogP contribution in [0.5, 0.6) is 0 Å². The van der Waals surface area contributed by atoms with Crippen molar-refractivity contribution in [3.8, 4) is 0 Å². The summed E-state index contributed by atoms with van der Waals surface area (Å²) in [5.41, 5.74) is 7.77. The Morgan fingerprint density at radius 2 is 1.20 bits per heavy atom. The summed E-state index contributed by atoms with van der Waals surface area (Å²) in [6.07, 6.45) is 33.3. The number of nitrogen functional groups attached to an aromatic ring is 1. The van der Waals surface area contributed by atoms with Crippen molar-refractivity contribution in [2.75, 3.05) is 30.4 Å². The highest BCUT2D eigenvalue weighted by Crippen LogP contribution is 2.27. The van der Waals surface area contributed by atoms with Crippen molar-refractivity contribution in [3.63, 3.8) is 0 Å². The lowest BCUT2D eigenvalue weighted by molar-refractivity contribution is -0.157. The highest BCUT2D eigenvalue weighted by molar-refractivity contribution is 7.99. The molecule has 3 aromatic rings. The highest BCUT2D eigenvalue weighted by atomic mass is 32.2. The van der Waals surface area contributed by atoms with Crippen LogP contribution in [0, 0.1) is 0 Å². The largest absolute Gasteiger partial charge is 0.462 e. The number of aryl methyl sites for hydroxylation is 1. The number of nitrogens with one attached hydrogen (secondary N) is 2. The maximum absolute atomic E-state index is 13.7. The molecule has 2 aromatic heterocycles. The lowest BCUT2D eigenvalue weighted by atomic mass is 10.0. The molecule has 70 heavy (non-hydrogen) atoms. The summed E-state index contributed by atoms with van der Waals surface area (Å²) in [4.78, 5) is 61.7. The molecule has 0 aliphatic carbocycles. The van der Waals surface area contributed by atoms with Gasteiger partial charge in [-0.15, -0.1) is 0 Å². The van der Waals surface area contributed by atoms with Gasteiger partial charge in [0, 0.05) is 42.8 Å². The van der Waals surface area contributed by atoms with Crippen LogP contribution >= 0.6 is 11.8 Å². The third-order valence-corrected chi connectivity index (χ3v) is 13.8. The summed E-state index contributed by atoms with van der Waals surface area (Å²) in [5, 5.41) is 6.67. The van der Waals surface area contributed by atoms with Crippen LogP contribution in [0.3, 0.4) is 0 Å². The maximum Gasteiger partial charge on any atom is 0.408 e. The number of carbonyl (C=O) groups is 4. The zero-order valence-corrected chi connectivity index (χ0v) is 45.1. The number of fused-ring (bicyclic) bond motifs is 3. The van der Waals surface area contributed by atoms with E-state index in [0.717, 1.165) is 54.9 Å². The molecule has 3 rings (SSSR count). The Balaban J connectivity index is 1.49. The van der Waals surface area contributed by atoms with E-state index in [9.17, 15) is 19.2 Å². The molecule has 2 heterocycles. The molecule has 0 aliphatic rings. The molecule has 0 aliphatic heterocycles. The Morgan fingerprint density at radius 3 is 1.74 bits per heavy atom. The number of pyridine rings is 1. The zero-order valence-electron chi connectivity index (χ0n) is 44.3. The van der Waals surface area contributed by atoms with Crippen LogP contribution < -0.4 is 16.4 Å². The van der Waals surface area contributed by atoms with Crippen molar-refractivity contribution in [2.45, 2.75) is 245 Å². The van der Waals surface area contributed by atoms with E-state index in [-0.39, 0.29) is 36.0 Å². The highest BCUT2D eigenvalue weighted by Gasteiger charge is 2.26. The number of hydrogen-bond acceptors (Lipinski definition) is 11. The van der Waals surface area contributed by atoms with Gasteiger partial charge >= 0.3 is 18.0 Å². The number of imidazole rings is 1. The molecular weight excluding hydrogens is 901 g/mol. The average molecular weight is 995 g/mol. The fourth-order valence-electron chi connectivity index (χ4n) is 8.70. The van der Waals surface area contributed by atoms with Crippen LogP contribution in [-0.4, -0.2) is 80.9 Å². The maximum atomic E-state index is 13.7. The number of nitrogens with zero attached hydrogens (tertiary/aromatic N) is 3. The SMILES string of the molecule is CCCCCCCCCCCCCCCC(=O)OC[C@H](CSCC(NC(=O)OC(C)(C)C)C(=O)NCCCn1cnc2c(N)nc3ccccc3c21)OC(=O)CCCCCCCCCCCCCCC. The number of para-hydroxylation sites is 1. The van der Waals surface area contributed by atoms with Gasteiger partial charge in [-0.05, 0) is 46.1 Å². The number of rotatable bonds is 41. The van der Waals surface area contributed by atoms with Crippen molar-refractivity contribution in [3.05, 3.63) is 30.6 Å². The van der Waals surface area contributed by atoms with E-state index >= 15 is 0 Å². The van der Waals surface area contributed by atoms with Gasteiger partial charge in [-0.2, -0.15) is 11.8 Å². The smallest absolute Gasteiger partial charge is 0.408 e. The van der Waals surface area contributed by atoms with Gasteiger partial charge in [0.2, 0.25) is 5.91 Å². The number of esters is 2. The average Bonchev–Trinajstić information content (AvgIpc) is 3.76. The van der Waals surface area contributed by atoms with Crippen molar-refractivity contribution in [1.82, 2.24) is 25.2 Å². The molecule has 0 spiro atoms. The van der Waals surface area contributed by atoms with E-state index in [0.29, 0.717) is 43.7 Å². The third-order valence-electron chi connectivity index (χ3n) is 12.6. The second-order valence-corrected chi connectivity index (χ2v) is 21.4. The van der Waals surface area contributed by atoms with Gasteiger partial charge in [0.15, 0.2) is 5.82 Å². The Kier molecular flexibility index (Phi) is 31.7. The second-order valence-electron chi connectivity index (χ2n) is 20.3. The molecule has 2 amide bonds. The predicted molar refractivity (Wildman–Crippen MR) is 289 cm³/mol. The molecule has 13 nitrogen and oxygen atoms in total. The van der Waals surface area contributed by atoms with Crippen LogP contribution in [0.4, 0.5) is 10.6 Å². The summed E-state index contributed by atoms with van der Waals surface area (Å²) in [6, 6.07) is 6.84. The Hall–Kier alpha value is -4.07. The molecule has 1 unspecified atom stereocenters. The number of unbranched alkanes of at least 4 members (excludes halogenated alkanes) is 24. The minimum atomic E-state index is -0.941. The summed E-state index contributed by atoms with van der Waals surface area (Å²) in [7, 11) is 0. The summed E-state index contributed by atoms with van der Waals surface area (Å²) in [6.45, 7) is 10.6. The standard InChI is InChI=1S/C56H94N6O7S/c1-6-8-10-12-14-16-18-20-22-24-26-28-30-37-49(63)67-41-45(68-50(64)38-31-29-27-25-23-21-19-17-15-13-11-9-7-2)42-70-43-48(61-55(66)69-56(3,4)5)54(65)58-39-34-40-62-44-59-51-52(62)46-35-32-33-36-47(46)60-53(51)57/h32-33,35-36,44-45,48H,6-31,34,37-43H2,1-5H3,(H2,57,60)(H,58,65)(H,61,66)/t45-,48?/m1/s1. The van der Waals surface area contributed by atoms with Crippen LogP contribution in [0.25, 0.3) is 21.9 Å².